The van der Waals surface area contributed by atoms with E-state index in [1.165, 1.54) is 12.8 Å². The van der Waals surface area contributed by atoms with Crippen molar-refractivity contribution in [3.8, 4) is 0 Å². The topological polar surface area (TPSA) is 52.6 Å². The molecule has 0 atom stereocenters. The van der Waals surface area contributed by atoms with Gasteiger partial charge in [0.05, 0.1) is 0 Å². The zero-order chi connectivity index (χ0) is 11.3. The molecule has 86 valence electrons. The second-order valence-corrected chi connectivity index (χ2v) is 4.29. The van der Waals surface area contributed by atoms with Gasteiger partial charge in [-0.2, -0.15) is 0 Å². The van der Waals surface area contributed by atoms with Crippen molar-refractivity contribution in [1.82, 2.24) is 10.2 Å². The predicted molar refractivity (Wildman–Crippen MR) is 59.9 cm³/mol. The fraction of sp³-hybridized carbons (Fsp3) is 0.727. The fourth-order valence-electron chi connectivity index (χ4n) is 1.77. The van der Waals surface area contributed by atoms with Gasteiger partial charge in [0.25, 0.3) is 0 Å². The minimum atomic E-state index is -0.911. The molecular formula is C11H20N2O2. The minimum absolute atomic E-state index is 0.239. The van der Waals surface area contributed by atoms with Gasteiger partial charge in [0.1, 0.15) is 0 Å². The highest BCUT2D eigenvalue weighted by Crippen LogP contribution is 2.14. The average molecular weight is 212 g/mol. The summed E-state index contributed by atoms with van der Waals surface area (Å²) in [5, 5.41) is 11.8. The number of carbonyl (C=O) groups is 1. The smallest absolute Gasteiger partial charge is 0.332 e. The second kappa shape index (κ2) is 5.88. The van der Waals surface area contributed by atoms with Gasteiger partial charge in [-0.1, -0.05) is 6.58 Å². The Bertz CT molecular complexity index is 233. The molecule has 4 heteroatoms. The number of aliphatic carboxylic acids is 1. The van der Waals surface area contributed by atoms with Gasteiger partial charge in [0.15, 0.2) is 0 Å². The van der Waals surface area contributed by atoms with Gasteiger partial charge in [0, 0.05) is 12.1 Å². The summed E-state index contributed by atoms with van der Waals surface area (Å²) in [7, 11) is 2.13. The molecule has 1 heterocycles. The Hall–Kier alpha value is -0.870. The first-order valence-electron chi connectivity index (χ1n) is 5.40. The Morgan fingerprint density at radius 1 is 1.53 bits per heavy atom. The molecular weight excluding hydrogens is 192 g/mol. The van der Waals surface area contributed by atoms with Crippen LogP contribution in [0.2, 0.25) is 0 Å². The minimum Gasteiger partial charge on any atom is -0.478 e. The van der Waals surface area contributed by atoms with Crippen molar-refractivity contribution in [1.29, 1.82) is 0 Å². The molecule has 0 saturated carbocycles. The lowest BCUT2D eigenvalue weighted by Crippen LogP contribution is -2.35. The molecule has 1 aliphatic rings. The molecule has 1 fully saturated rings. The second-order valence-electron chi connectivity index (χ2n) is 4.29. The molecule has 0 aliphatic carbocycles. The van der Waals surface area contributed by atoms with Crippen molar-refractivity contribution >= 4 is 5.97 Å². The largest absolute Gasteiger partial charge is 0.478 e. The summed E-state index contributed by atoms with van der Waals surface area (Å²) in [5.41, 5.74) is 0.239. The fourth-order valence-corrected chi connectivity index (χ4v) is 1.77. The molecule has 4 nitrogen and oxygen atoms in total. The maximum absolute atomic E-state index is 10.5. The van der Waals surface area contributed by atoms with E-state index in [1.807, 2.05) is 0 Å². The quantitative estimate of drug-likeness (QED) is 0.654. The molecule has 0 bridgehead atoms. The monoisotopic (exact) mass is 212 g/mol. The molecule has 1 aliphatic heterocycles. The number of hydrogen-bond acceptors (Lipinski definition) is 3. The lowest BCUT2D eigenvalue weighted by Gasteiger charge is -2.29. The number of carboxylic acid groups (broad SMARTS) is 1. The van der Waals surface area contributed by atoms with Gasteiger partial charge >= 0.3 is 5.97 Å². The number of rotatable bonds is 5. The summed E-state index contributed by atoms with van der Waals surface area (Å²) in [5.74, 6) is -0.228. The summed E-state index contributed by atoms with van der Waals surface area (Å²) in [4.78, 5) is 12.8. The summed E-state index contributed by atoms with van der Waals surface area (Å²) in [6.07, 6.45) is 2.39. The zero-order valence-electron chi connectivity index (χ0n) is 9.33. The van der Waals surface area contributed by atoms with Crippen molar-refractivity contribution in [2.24, 2.45) is 5.92 Å². The van der Waals surface area contributed by atoms with Crippen LogP contribution in [-0.4, -0.2) is 49.2 Å². The molecule has 1 rings (SSSR count). The summed E-state index contributed by atoms with van der Waals surface area (Å²) in [6, 6.07) is 0. The molecule has 0 aromatic carbocycles. The highest BCUT2D eigenvalue weighted by Gasteiger charge is 2.16. The molecule has 0 aromatic heterocycles. The molecule has 2 N–H and O–H groups in total. The van der Waals surface area contributed by atoms with E-state index in [9.17, 15) is 4.79 Å². The highest BCUT2D eigenvalue weighted by atomic mass is 16.4. The zero-order valence-corrected chi connectivity index (χ0v) is 9.33. The van der Waals surface area contributed by atoms with Crippen LogP contribution in [0.5, 0.6) is 0 Å². The van der Waals surface area contributed by atoms with Crippen LogP contribution < -0.4 is 5.32 Å². The van der Waals surface area contributed by atoms with Crippen LogP contribution in [0.4, 0.5) is 0 Å². The Balaban J connectivity index is 2.10. The average Bonchev–Trinajstić information content (AvgIpc) is 2.20. The van der Waals surface area contributed by atoms with Crippen molar-refractivity contribution in [2.75, 3.05) is 33.2 Å². The summed E-state index contributed by atoms with van der Waals surface area (Å²) >= 11 is 0. The van der Waals surface area contributed by atoms with Crippen molar-refractivity contribution in [2.45, 2.75) is 12.8 Å². The standard InChI is InChI=1S/C11H20N2O2/c1-9(11(14)15)7-12-8-10-3-5-13(2)6-4-10/h10,12H,1,3-8H2,2H3,(H,14,15). The van der Waals surface area contributed by atoms with Gasteiger partial charge in [-0.3, -0.25) is 0 Å². The number of likely N-dealkylation sites (tertiary alicyclic amines) is 1. The van der Waals surface area contributed by atoms with E-state index in [-0.39, 0.29) is 5.57 Å². The van der Waals surface area contributed by atoms with Gasteiger partial charge in [0.2, 0.25) is 0 Å². The summed E-state index contributed by atoms with van der Waals surface area (Å²) in [6.45, 7) is 7.06. The highest BCUT2D eigenvalue weighted by molar-refractivity contribution is 5.86. The van der Waals surface area contributed by atoms with Crippen LogP contribution in [0.15, 0.2) is 12.2 Å². The lowest BCUT2D eigenvalue weighted by molar-refractivity contribution is -0.132. The third-order valence-corrected chi connectivity index (χ3v) is 2.91. The van der Waals surface area contributed by atoms with Gasteiger partial charge < -0.3 is 15.3 Å². The Morgan fingerprint density at radius 3 is 2.67 bits per heavy atom. The number of nitrogens with one attached hydrogen (secondary N) is 1. The molecule has 0 spiro atoms. The van der Waals surface area contributed by atoms with Crippen LogP contribution in [-0.2, 0) is 4.79 Å². The summed E-state index contributed by atoms with van der Waals surface area (Å²) < 4.78 is 0. The van der Waals surface area contributed by atoms with E-state index in [0.717, 1.165) is 19.6 Å². The van der Waals surface area contributed by atoms with E-state index in [0.29, 0.717) is 12.5 Å². The molecule has 0 unspecified atom stereocenters. The SMILES string of the molecule is C=C(CNCC1CCN(C)CC1)C(=O)O. The normalized spacial score (nSPS) is 19.0. The first-order chi connectivity index (χ1) is 7.09. The number of carboxylic acids is 1. The third kappa shape index (κ3) is 4.44. The number of nitrogens with zero attached hydrogens (tertiary/aromatic N) is 1. The van der Waals surface area contributed by atoms with Crippen molar-refractivity contribution in [3.63, 3.8) is 0 Å². The van der Waals surface area contributed by atoms with E-state index in [2.05, 4.69) is 23.8 Å². The Kier molecular flexibility index (Phi) is 4.78. The van der Waals surface area contributed by atoms with Gasteiger partial charge in [-0.05, 0) is 45.4 Å². The van der Waals surface area contributed by atoms with E-state index >= 15 is 0 Å². The molecule has 1 saturated heterocycles. The molecule has 0 aromatic rings. The van der Waals surface area contributed by atoms with Crippen LogP contribution in [0, 0.1) is 5.92 Å². The number of hydrogen-bond donors (Lipinski definition) is 2. The van der Waals surface area contributed by atoms with Crippen LogP contribution >= 0.6 is 0 Å². The number of piperidine rings is 1. The molecule has 0 amide bonds. The predicted octanol–water partition coefficient (Wildman–Crippen LogP) is 0.559. The van der Waals surface area contributed by atoms with E-state index in [4.69, 9.17) is 5.11 Å². The van der Waals surface area contributed by atoms with Crippen LogP contribution in [0.3, 0.4) is 0 Å². The first kappa shape index (κ1) is 12.2. The van der Waals surface area contributed by atoms with E-state index in [1.54, 1.807) is 0 Å². The third-order valence-electron chi connectivity index (χ3n) is 2.91. The molecule has 15 heavy (non-hydrogen) atoms. The maximum Gasteiger partial charge on any atom is 0.332 e. The lowest BCUT2D eigenvalue weighted by atomic mass is 9.97. The van der Waals surface area contributed by atoms with Crippen LogP contribution in [0.25, 0.3) is 0 Å². The van der Waals surface area contributed by atoms with Gasteiger partial charge in [-0.25, -0.2) is 4.79 Å². The van der Waals surface area contributed by atoms with Crippen molar-refractivity contribution < 1.29 is 9.90 Å². The Morgan fingerprint density at radius 2 is 2.13 bits per heavy atom. The van der Waals surface area contributed by atoms with Crippen LogP contribution in [0.1, 0.15) is 12.8 Å². The first-order valence-corrected chi connectivity index (χ1v) is 5.40. The maximum atomic E-state index is 10.5. The van der Waals surface area contributed by atoms with Crippen molar-refractivity contribution in [3.05, 3.63) is 12.2 Å². The molecule has 0 radical (unpaired) electrons. The Labute approximate surface area is 91.0 Å². The van der Waals surface area contributed by atoms with E-state index < -0.39 is 5.97 Å². The van der Waals surface area contributed by atoms with Gasteiger partial charge in [-0.15, -0.1) is 0 Å².